The Bertz CT molecular complexity index is 572. The molecular weight excluding hydrogens is 262 g/mol. The SMILES string of the molecule is COc1cc(C)c(C(O)CN(C)c2ccccc2)c(C)c1. The predicted molar refractivity (Wildman–Crippen MR) is 87.1 cm³/mol. The van der Waals surface area contributed by atoms with Gasteiger partial charge in [-0.1, -0.05) is 18.2 Å². The van der Waals surface area contributed by atoms with E-state index in [2.05, 4.69) is 4.90 Å². The summed E-state index contributed by atoms with van der Waals surface area (Å²) in [6, 6.07) is 14.0. The second kappa shape index (κ2) is 6.64. The van der Waals surface area contributed by atoms with Crippen molar-refractivity contribution in [3.8, 4) is 5.75 Å². The van der Waals surface area contributed by atoms with Crippen molar-refractivity contribution in [2.24, 2.45) is 0 Å². The van der Waals surface area contributed by atoms with Gasteiger partial charge in [-0.3, -0.25) is 0 Å². The lowest BCUT2D eigenvalue weighted by atomic mass is 9.97. The van der Waals surface area contributed by atoms with E-state index in [-0.39, 0.29) is 0 Å². The Balaban J connectivity index is 2.19. The molecule has 0 bridgehead atoms. The summed E-state index contributed by atoms with van der Waals surface area (Å²) in [7, 11) is 3.65. The third-order valence-electron chi connectivity index (χ3n) is 3.78. The van der Waals surface area contributed by atoms with Gasteiger partial charge in [-0.25, -0.2) is 0 Å². The highest BCUT2D eigenvalue weighted by Crippen LogP contribution is 2.28. The van der Waals surface area contributed by atoms with E-state index in [0.29, 0.717) is 6.54 Å². The molecule has 0 aromatic heterocycles. The average Bonchev–Trinajstić information content (AvgIpc) is 2.47. The Morgan fingerprint density at radius 1 is 1.10 bits per heavy atom. The van der Waals surface area contributed by atoms with Gasteiger partial charge in [0.1, 0.15) is 5.75 Å². The number of nitrogens with zero attached hydrogens (tertiary/aromatic N) is 1. The summed E-state index contributed by atoms with van der Waals surface area (Å²) in [5.41, 5.74) is 4.19. The van der Waals surface area contributed by atoms with Crippen molar-refractivity contribution in [3.05, 3.63) is 59.2 Å². The Kier molecular flexibility index (Phi) is 4.86. The summed E-state index contributed by atoms with van der Waals surface area (Å²) < 4.78 is 5.27. The largest absolute Gasteiger partial charge is 0.497 e. The highest BCUT2D eigenvalue weighted by Gasteiger charge is 2.16. The number of aliphatic hydroxyl groups is 1. The number of aryl methyl sites for hydroxylation is 2. The molecule has 0 radical (unpaired) electrons. The van der Waals surface area contributed by atoms with Crippen molar-refractivity contribution in [2.45, 2.75) is 20.0 Å². The van der Waals surface area contributed by atoms with Crippen LogP contribution in [0.4, 0.5) is 5.69 Å². The molecule has 21 heavy (non-hydrogen) atoms. The van der Waals surface area contributed by atoms with Gasteiger partial charge in [0.25, 0.3) is 0 Å². The molecule has 0 amide bonds. The molecule has 0 saturated heterocycles. The third-order valence-corrected chi connectivity index (χ3v) is 3.78. The Morgan fingerprint density at radius 2 is 1.67 bits per heavy atom. The van der Waals surface area contributed by atoms with Crippen LogP contribution in [0.15, 0.2) is 42.5 Å². The molecule has 0 spiro atoms. The second-order valence-electron chi connectivity index (χ2n) is 5.41. The van der Waals surface area contributed by atoms with Gasteiger partial charge in [0.05, 0.1) is 13.2 Å². The van der Waals surface area contributed by atoms with E-state index < -0.39 is 6.10 Å². The van der Waals surface area contributed by atoms with Crippen LogP contribution in [0, 0.1) is 13.8 Å². The number of aliphatic hydroxyl groups excluding tert-OH is 1. The van der Waals surface area contributed by atoms with Crippen LogP contribution in [0.25, 0.3) is 0 Å². The zero-order valence-corrected chi connectivity index (χ0v) is 13.1. The maximum Gasteiger partial charge on any atom is 0.119 e. The molecule has 3 heteroatoms. The average molecular weight is 285 g/mol. The van der Waals surface area contributed by atoms with Gasteiger partial charge in [0, 0.05) is 19.3 Å². The molecule has 2 rings (SSSR count). The summed E-state index contributed by atoms with van der Waals surface area (Å²) in [6.07, 6.45) is -0.527. The molecule has 0 heterocycles. The fourth-order valence-corrected chi connectivity index (χ4v) is 2.72. The number of benzene rings is 2. The molecule has 1 N–H and O–H groups in total. The first kappa shape index (κ1) is 15.4. The van der Waals surface area contributed by atoms with Gasteiger partial charge in [0.15, 0.2) is 0 Å². The second-order valence-corrected chi connectivity index (χ2v) is 5.41. The van der Waals surface area contributed by atoms with Crippen LogP contribution in [0.1, 0.15) is 22.8 Å². The summed E-state index contributed by atoms with van der Waals surface area (Å²) in [4.78, 5) is 2.06. The fourth-order valence-electron chi connectivity index (χ4n) is 2.72. The maximum atomic E-state index is 10.6. The lowest BCUT2D eigenvalue weighted by Crippen LogP contribution is -2.25. The summed E-state index contributed by atoms with van der Waals surface area (Å²) >= 11 is 0. The van der Waals surface area contributed by atoms with Crippen LogP contribution in [-0.4, -0.2) is 25.8 Å². The summed E-state index contributed by atoms with van der Waals surface area (Å²) in [6.45, 7) is 4.57. The molecule has 0 aliphatic heterocycles. The van der Waals surface area contributed by atoms with Crippen molar-refractivity contribution in [1.82, 2.24) is 0 Å². The normalized spacial score (nSPS) is 12.0. The lowest BCUT2D eigenvalue weighted by molar-refractivity contribution is 0.183. The smallest absolute Gasteiger partial charge is 0.119 e. The first-order valence-electron chi connectivity index (χ1n) is 7.12. The molecule has 0 aliphatic carbocycles. The number of ether oxygens (including phenoxy) is 1. The molecular formula is C18H23NO2. The highest BCUT2D eigenvalue weighted by molar-refractivity contribution is 5.47. The Morgan fingerprint density at radius 3 is 2.19 bits per heavy atom. The van der Waals surface area contributed by atoms with E-state index in [1.807, 2.05) is 63.4 Å². The van der Waals surface area contributed by atoms with Crippen LogP contribution in [0.2, 0.25) is 0 Å². The number of para-hydroxylation sites is 1. The molecule has 2 aromatic rings. The Labute approximate surface area is 126 Å². The minimum atomic E-state index is -0.527. The van der Waals surface area contributed by atoms with Crippen LogP contribution in [0.3, 0.4) is 0 Å². The van der Waals surface area contributed by atoms with E-state index in [1.165, 1.54) is 0 Å². The van der Waals surface area contributed by atoms with Crippen LogP contribution in [0.5, 0.6) is 5.75 Å². The summed E-state index contributed by atoms with van der Waals surface area (Å²) in [5.74, 6) is 0.831. The monoisotopic (exact) mass is 285 g/mol. The minimum absolute atomic E-state index is 0.527. The van der Waals surface area contributed by atoms with Gasteiger partial charge in [-0.05, 0) is 54.8 Å². The number of rotatable bonds is 5. The van der Waals surface area contributed by atoms with Gasteiger partial charge in [0.2, 0.25) is 0 Å². The maximum absolute atomic E-state index is 10.6. The van der Waals surface area contributed by atoms with E-state index in [9.17, 15) is 5.11 Å². The number of methoxy groups -OCH3 is 1. The van der Waals surface area contributed by atoms with Crippen molar-refractivity contribution in [3.63, 3.8) is 0 Å². The Hall–Kier alpha value is -2.00. The van der Waals surface area contributed by atoms with Crippen molar-refractivity contribution in [2.75, 3.05) is 25.6 Å². The number of hydrogen-bond acceptors (Lipinski definition) is 3. The van der Waals surface area contributed by atoms with Crippen molar-refractivity contribution in [1.29, 1.82) is 0 Å². The topological polar surface area (TPSA) is 32.7 Å². The standard InChI is InChI=1S/C18H23NO2/c1-13-10-16(21-4)11-14(2)18(13)17(20)12-19(3)15-8-6-5-7-9-15/h5-11,17,20H,12H2,1-4H3. The molecule has 0 fully saturated rings. The van der Waals surface area contributed by atoms with Crippen molar-refractivity contribution < 1.29 is 9.84 Å². The quantitative estimate of drug-likeness (QED) is 0.913. The molecule has 2 aromatic carbocycles. The lowest BCUT2D eigenvalue weighted by Gasteiger charge is -2.25. The van der Waals surface area contributed by atoms with Crippen LogP contribution >= 0.6 is 0 Å². The predicted octanol–water partition coefficient (Wildman–Crippen LogP) is 3.48. The molecule has 0 aliphatic rings. The molecule has 112 valence electrons. The number of hydrogen-bond donors (Lipinski definition) is 1. The summed E-state index contributed by atoms with van der Waals surface area (Å²) in [5, 5.41) is 10.6. The van der Waals surface area contributed by atoms with E-state index in [1.54, 1.807) is 7.11 Å². The third kappa shape index (κ3) is 3.56. The molecule has 1 atom stereocenters. The van der Waals surface area contributed by atoms with Gasteiger partial charge < -0.3 is 14.7 Å². The van der Waals surface area contributed by atoms with E-state index in [0.717, 1.165) is 28.1 Å². The number of anilines is 1. The zero-order chi connectivity index (χ0) is 15.4. The minimum Gasteiger partial charge on any atom is -0.497 e. The number of likely N-dealkylation sites (N-methyl/N-ethyl adjacent to an activating group) is 1. The van der Waals surface area contributed by atoms with Gasteiger partial charge >= 0.3 is 0 Å². The molecule has 1 unspecified atom stereocenters. The van der Waals surface area contributed by atoms with Gasteiger partial charge in [-0.2, -0.15) is 0 Å². The van der Waals surface area contributed by atoms with Gasteiger partial charge in [-0.15, -0.1) is 0 Å². The zero-order valence-electron chi connectivity index (χ0n) is 13.1. The first-order chi connectivity index (χ1) is 10.0. The highest BCUT2D eigenvalue weighted by atomic mass is 16.5. The van der Waals surface area contributed by atoms with Crippen LogP contribution < -0.4 is 9.64 Å². The van der Waals surface area contributed by atoms with E-state index >= 15 is 0 Å². The van der Waals surface area contributed by atoms with E-state index in [4.69, 9.17) is 4.74 Å². The first-order valence-corrected chi connectivity index (χ1v) is 7.12. The molecule has 0 saturated carbocycles. The van der Waals surface area contributed by atoms with Crippen LogP contribution in [-0.2, 0) is 0 Å². The fraction of sp³-hybridized carbons (Fsp3) is 0.333. The molecule has 3 nitrogen and oxygen atoms in total. The van der Waals surface area contributed by atoms with Crippen molar-refractivity contribution >= 4 is 5.69 Å².